The summed E-state index contributed by atoms with van der Waals surface area (Å²) < 4.78 is 15.6. The Morgan fingerprint density at radius 1 is 1.16 bits per heavy atom. The Balaban J connectivity index is 2.01. The minimum atomic E-state index is -0.202. The van der Waals surface area contributed by atoms with Gasteiger partial charge < -0.3 is 10.3 Å². The highest BCUT2D eigenvalue weighted by atomic mass is 35.5. The molecule has 96 valence electrons. The van der Waals surface area contributed by atoms with Crippen molar-refractivity contribution < 1.29 is 4.39 Å². The molecule has 0 fully saturated rings. The molecule has 0 aliphatic rings. The normalized spacial score (nSPS) is 11.1. The Hall–Kier alpha value is -2.00. The molecule has 4 heteroatoms. The molecule has 0 unspecified atom stereocenters. The molecular formula is C15H12ClFN2. The second-order valence-corrected chi connectivity index (χ2v) is 4.88. The average Bonchev–Trinajstić information content (AvgIpc) is 2.79. The third-order valence-electron chi connectivity index (χ3n) is 3.17. The first kappa shape index (κ1) is 12.1. The molecule has 0 saturated heterocycles. The third-order valence-corrected chi connectivity index (χ3v) is 3.52. The predicted octanol–water partition coefficient (Wildman–Crippen LogP) is 4.06. The van der Waals surface area contributed by atoms with Crippen LogP contribution in [0.1, 0.15) is 5.56 Å². The summed E-state index contributed by atoms with van der Waals surface area (Å²) in [6.45, 7) is 0.633. The Labute approximate surface area is 115 Å². The van der Waals surface area contributed by atoms with Crippen LogP contribution in [0.2, 0.25) is 5.02 Å². The number of nitrogens with two attached hydrogens (primary N) is 1. The van der Waals surface area contributed by atoms with Gasteiger partial charge >= 0.3 is 0 Å². The fourth-order valence-corrected chi connectivity index (χ4v) is 2.33. The smallest absolute Gasteiger partial charge is 0.132 e. The summed E-state index contributed by atoms with van der Waals surface area (Å²) >= 11 is 5.90. The molecular weight excluding hydrogens is 263 g/mol. The molecule has 2 N–H and O–H groups in total. The number of aromatic nitrogens is 1. The molecule has 3 rings (SSSR count). The molecule has 19 heavy (non-hydrogen) atoms. The highest BCUT2D eigenvalue weighted by Crippen LogP contribution is 2.23. The van der Waals surface area contributed by atoms with Gasteiger partial charge in [0.2, 0.25) is 0 Å². The Morgan fingerprint density at radius 3 is 2.79 bits per heavy atom. The maximum Gasteiger partial charge on any atom is 0.132 e. The minimum absolute atomic E-state index is 0.202. The molecule has 0 spiro atoms. The number of halogens is 2. The van der Waals surface area contributed by atoms with E-state index in [0.717, 1.165) is 11.1 Å². The first-order valence-corrected chi connectivity index (χ1v) is 6.30. The van der Waals surface area contributed by atoms with E-state index in [4.69, 9.17) is 17.3 Å². The van der Waals surface area contributed by atoms with Crippen molar-refractivity contribution >= 4 is 28.2 Å². The first-order chi connectivity index (χ1) is 9.15. The number of anilines is 1. The van der Waals surface area contributed by atoms with Gasteiger partial charge in [0.1, 0.15) is 5.82 Å². The molecule has 2 aromatic carbocycles. The zero-order valence-corrected chi connectivity index (χ0v) is 10.9. The van der Waals surface area contributed by atoms with E-state index in [0.29, 0.717) is 22.6 Å². The fraction of sp³-hybridized carbons (Fsp3) is 0.0667. The molecule has 1 aromatic heterocycles. The largest absolute Gasteiger partial charge is 0.398 e. The summed E-state index contributed by atoms with van der Waals surface area (Å²) in [5.41, 5.74) is 8.24. The van der Waals surface area contributed by atoms with Crippen LogP contribution in [-0.2, 0) is 6.54 Å². The summed E-state index contributed by atoms with van der Waals surface area (Å²) in [7, 11) is 0. The van der Waals surface area contributed by atoms with Crippen molar-refractivity contribution in [2.45, 2.75) is 6.54 Å². The van der Waals surface area contributed by atoms with E-state index >= 15 is 0 Å². The summed E-state index contributed by atoms with van der Waals surface area (Å²) in [4.78, 5) is 0. The van der Waals surface area contributed by atoms with Crippen molar-refractivity contribution in [2.24, 2.45) is 0 Å². The molecule has 0 aliphatic heterocycles. The summed E-state index contributed by atoms with van der Waals surface area (Å²) in [6, 6.07) is 12.4. The molecule has 0 amide bonds. The zero-order valence-electron chi connectivity index (χ0n) is 10.1. The van der Waals surface area contributed by atoms with Crippen molar-refractivity contribution in [1.29, 1.82) is 0 Å². The van der Waals surface area contributed by atoms with Gasteiger partial charge in [-0.3, -0.25) is 0 Å². The number of benzene rings is 2. The van der Waals surface area contributed by atoms with Crippen LogP contribution in [0.25, 0.3) is 10.9 Å². The Bertz CT molecular complexity index is 749. The van der Waals surface area contributed by atoms with Crippen LogP contribution in [-0.4, -0.2) is 4.57 Å². The number of hydrogen-bond donors (Lipinski definition) is 1. The van der Waals surface area contributed by atoms with E-state index in [1.54, 1.807) is 18.2 Å². The van der Waals surface area contributed by atoms with Crippen LogP contribution in [0.5, 0.6) is 0 Å². The number of hydrogen-bond acceptors (Lipinski definition) is 1. The molecule has 0 aliphatic carbocycles. The lowest BCUT2D eigenvalue weighted by atomic mass is 10.2. The van der Waals surface area contributed by atoms with Crippen molar-refractivity contribution in [3.8, 4) is 0 Å². The number of fused-ring (bicyclic) bond motifs is 1. The lowest BCUT2D eigenvalue weighted by Gasteiger charge is -2.07. The predicted molar refractivity (Wildman–Crippen MR) is 76.9 cm³/mol. The Kier molecular flexibility index (Phi) is 2.91. The fourth-order valence-electron chi connectivity index (χ4n) is 2.21. The van der Waals surface area contributed by atoms with Gasteiger partial charge in [0.15, 0.2) is 0 Å². The second-order valence-electron chi connectivity index (χ2n) is 4.47. The van der Waals surface area contributed by atoms with Gasteiger partial charge in [-0.15, -0.1) is 0 Å². The molecule has 0 bridgehead atoms. The second kappa shape index (κ2) is 4.59. The topological polar surface area (TPSA) is 30.9 Å². The van der Waals surface area contributed by atoms with Crippen LogP contribution in [0, 0.1) is 5.82 Å². The van der Waals surface area contributed by atoms with E-state index in [-0.39, 0.29) is 5.82 Å². The summed E-state index contributed by atoms with van der Waals surface area (Å²) in [5, 5.41) is 1.18. The van der Waals surface area contributed by atoms with E-state index < -0.39 is 0 Å². The molecule has 2 nitrogen and oxygen atoms in total. The van der Waals surface area contributed by atoms with E-state index in [1.807, 2.05) is 29.0 Å². The van der Waals surface area contributed by atoms with Crippen molar-refractivity contribution in [3.63, 3.8) is 0 Å². The SMILES string of the molecule is Nc1cc(Cn2ccc3c(F)cccc32)ccc1Cl. The van der Waals surface area contributed by atoms with Gasteiger partial charge in [0, 0.05) is 18.1 Å². The minimum Gasteiger partial charge on any atom is -0.398 e. The van der Waals surface area contributed by atoms with Gasteiger partial charge in [0.05, 0.1) is 16.2 Å². The maximum absolute atomic E-state index is 13.6. The average molecular weight is 275 g/mol. The molecule has 0 atom stereocenters. The highest BCUT2D eigenvalue weighted by Gasteiger charge is 2.06. The highest BCUT2D eigenvalue weighted by molar-refractivity contribution is 6.33. The third kappa shape index (κ3) is 2.17. The van der Waals surface area contributed by atoms with Gasteiger partial charge in [-0.05, 0) is 35.9 Å². The lowest BCUT2D eigenvalue weighted by molar-refractivity contribution is 0.639. The van der Waals surface area contributed by atoms with Crippen LogP contribution in [0.4, 0.5) is 10.1 Å². The van der Waals surface area contributed by atoms with Gasteiger partial charge in [-0.1, -0.05) is 23.7 Å². The molecule has 0 radical (unpaired) electrons. The quantitative estimate of drug-likeness (QED) is 0.702. The van der Waals surface area contributed by atoms with E-state index in [1.165, 1.54) is 6.07 Å². The van der Waals surface area contributed by atoms with Gasteiger partial charge in [-0.25, -0.2) is 4.39 Å². The van der Waals surface area contributed by atoms with Crippen molar-refractivity contribution in [2.75, 3.05) is 5.73 Å². The summed E-state index contributed by atoms with van der Waals surface area (Å²) in [5.74, 6) is -0.202. The van der Waals surface area contributed by atoms with Crippen LogP contribution in [0.15, 0.2) is 48.7 Å². The zero-order chi connectivity index (χ0) is 13.4. The maximum atomic E-state index is 13.6. The van der Waals surface area contributed by atoms with Crippen molar-refractivity contribution in [3.05, 3.63) is 65.1 Å². The van der Waals surface area contributed by atoms with Crippen LogP contribution >= 0.6 is 11.6 Å². The van der Waals surface area contributed by atoms with Gasteiger partial charge in [0.25, 0.3) is 0 Å². The number of nitrogen functional groups attached to an aromatic ring is 1. The molecule has 0 saturated carbocycles. The number of nitrogens with zero attached hydrogens (tertiary/aromatic N) is 1. The number of rotatable bonds is 2. The summed E-state index contributed by atoms with van der Waals surface area (Å²) in [6.07, 6.45) is 1.87. The monoisotopic (exact) mass is 274 g/mol. The first-order valence-electron chi connectivity index (χ1n) is 5.92. The standard InChI is InChI=1S/C15H12ClFN2/c16-12-5-4-10(8-14(12)18)9-19-7-6-11-13(17)2-1-3-15(11)19/h1-8H,9,18H2. The van der Waals surface area contributed by atoms with Gasteiger partial charge in [-0.2, -0.15) is 0 Å². The lowest BCUT2D eigenvalue weighted by Crippen LogP contribution is -1.99. The molecule has 1 heterocycles. The van der Waals surface area contributed by atoms with E-state index in [2.05, 4.69) is 0 Å². The van der Waals surface area contributed by atoms with Crippen LogP contribution < -0.4 is 5.73 Å². The van der Waals surface area contributed by atoms with Crippen LogP contribution in [0.3, 0.4) is 0 Å². The Morgan fingerprint density at radius 2 is 2.00 bits per heavy atom. The van der Waals surface area contributed by atoms with E-state index in [9.17, 15) is 4.39 Å². The van der Waals surface area contributed by atoms with Crippen molar-refractivity contribution in [1.82, 2.24) is 4.57 Å². The molecule has 3 aromatic rings.